The Morgan fingerprint density at radius 2 is 2.06 bits per heavy atom. The summed E-state index contributed by atoms with van der Waals surface area (Å²) < 4.78 is 5.53. The van der Waals surface area contributed by atoms with Gasteiger partial charge in [0.1, 0.15) is 12.4 Å². The first-order valence-electron chi connectivity index (χ1n) is 6.20. The molecule has 2 rings (SSSR count). The molecule has 0 radical (unpaired) electrons. The van der Waals surface area contributed by atoms with E-state index in [9.17, 15) is 4.79 Å². The highest BCUT2D eigenvalue weighted by Gasteiger charge is 2.33. The summed E-state index contributed by atoms with van der Waals surface area (Å²) in [6, 6.07) is 7.05. The van der Waals surface area contributed by atoms with Gasteiger partial charge < -0.3 is 15.4 Å². The number of carbonyl (C=O) groups excluding carboxylic acids is 1. The SMILES string of the molecule is CC(C)(C)[C@@H](N)C(=O)N1CCOc2ccccc21. The van der Waals surface area contributed by atoms with Crippen molar-refractivity contribution in [1.29, 1.82) is 0 Å². The second-order valence-corrected chi connectivity index (χ2v) is 5.65. The van der Waals surface area contributed by atoms with Gasteiger partial charge in [-0.3, -0.25) is 4.79 Å². The Bertz CT molecular complexity index is 451. The maximum Gasteiger partial charge on any atom is 0.244 e. The van der Waals surface area contributed by atoms with E-state index in [0.717, 1.165) is 11.4 Å². The molecule has 1 aliphatic rings. The summed E-state index contributed by atoms with van der Waals surface area (Å²) in [5.41, 5.74) is 6.62. The number of hydrogen-bond acceptors (Lipinski definition) is 3. The number of ether oxygens (including phenoxy) is 1. The van der Waals surface area contributed by atoms with Crippen molar-refractivity contribution in [3.8, 4) is 5.75 Å². The Labute approximate surface area is 108 Å². The Hall–Kier alpha value is -1.55. The van der Waals surface area contributed by atoms with Crippen molar-refractivity contribution in [1.82, 2.24) is 0 Å². The first kappa shape index (κ1) is 12.9. The average molecular weight is 248 g/mol. The lowest BCUT2D eigenvalue weighted by Gasteiger charge is -2.35. The first-order chi connectivity index (χ1) is 8.41. The molecule has 4 nitrogen and oxygen atoms in total. The lowest BCUT2D eigenvalue weighted by Crippen LogP contribution is -2.52. The van der Waals surface area contributed by atoms with Gasteiger partial charge in [-0.2, -0.15) is 0 Å². The Balaban J connectivity index is 2.28. The van der Waals surface area contributed by atoms with Gasteiger partial charge in [-0.25, -0.2) is 0 Å². The predicted octanol–water partition coefficient (Wildman–Crippen LogP) is 1.79. The number of nitrogens with two attached hydrogens (primary N) is 1. The molecule has 0 fully saturated rings. The van der Waals surface area contributed by atoms with E-state index in [1.807, 2.05) is 45.0 Å². The van der Waals surface area contributed by atoms with Crippen LogP contribution in [0.1, 0.15) is 20.8 Å². The van der Waals surface area contributed by atoms with Gasteiger partial charge in [0, 0.05) is 0 Å². The Kier molecular flexibility index (Phi) is 3.30. The molecule has 0 saturated heterocycles. The smallest absolute Gasteiger partial charge is 0.244 e. The molecule has 1 aromatic rings. The molecule has 0 bridgehead atoms. The van der Waals surface area contributed by atoms with Gasteiger partial charge >= 0.3 is 0 Å². The highest BCUT2D eigenvalue weighted by atomic mass is 16.5. The van der Waals surface area contributed by atoms with Crippen LogP contribution in [0.2, 0.25) is 0 Å². The van der Waals surface area contributed by atoms with E-state index in [1.165, 1.54) is 0 Å². The summed E-state index contributed by atoms with van der Waals surface area (Å²) in [5.74, 6) is 0.705. The largest absolute Gasteiger partial charge is 0.490 e. The van der Waals surface area contributed by atoms with Gasteiger partial charge in [0.2, 0.25) is 5.91 Å². The maximum atomic E-state index is 12.5. The minimum atomic E-state index is -0.511. The normalized spacial score (nSPS) is 16.8. The molecule has 0 saturated carbocycles. The van der Waals surface area contributed by atoms with Crippen LogP contribution in [0.25, 0.3) is 0 Å². The summed E-state index contributed by atoms with van der Waals surface area (Å²) >= 11 is 0. The predicted molar refractivity (Wildman–Crippen MR) is 71.7 cm³/mol. The van der Waals surface area contributed by atoms with E-state index < -0.39 is 6.04 Å². The molecule has 0 aliphatic carbocycles. The highest BCUT2D eigenvalue weighted by Crippen LogP contribution is 2.32. The third kappa shape index (κ3) is 2.34. The van der Waals surface area contributed by atoms with Gasteiger partial charge in [-0.1, -0.05) is 32.9 Å². The minimum Gasteiger partial charge on any atom is -0.490 e. The molecule has 1 aromatic carbocycles. The zero-order valence-corrected chi connectivity index (χ0v) is 11.1. The summed E-state index contributed by atoms with van der Waals surface area (Å²) in [6.45, 7) is 6.99. The molecule has 0 aromatic heterocycles. The maximum absolute atomic E-state index is 12.5. The van der Waals surface area contributed by atoms with Crippen molar-refractivity contribution < 1.29 is 9.53 Å². The third-order valence-electron chi connectivity index (χ3n) is 3.19. The average Bonchev–Trinajstić information content (AvgIpc) is 2.35. The molecule has 18 heavy (non-hydrogen) atoms. The molecule has 1 aliphatic heterocycles. The second kappa shape index (κ2) is 4.61. The number of benzene rings is 1. The number of hydrogen-bond donors (Lipinski definition) is 1. The summed E-state index contributed by atoms with van der Waals surface area (Å²) in [7, 11) is 0. The topological polar surface area (TPSA) is 55.6 Å². The molecule has 1 heterocycles. The Morgan fingerprint density at radius 1 is 1.39 bits per heavy atom. The van der Waals surface area contributed by atoms with Crippen molar-refractivity contribution >= 4 is 11.6 Å². The highest BCUT2D eigenvalue weighted by molar-refractivity contribution is 5.99. The number of carbonyl (C=O) groups is 1. The molecule has 1 atom stereocenters. The lowest BCUT2D eigenvalue weighted by molar-refractivity contribution is -0.122. The number of fused-ring (bicyclic) bond motifs is 1. The van der Waals surface area contributed by atoms with E-state index in [0.29, 0.717) is 13.2 Å². The number of anilines is 1. The van der Waals surface area contributed by atoms with Crippen LogP contribution in [0.3, 0.4) is 0 Å². The molecule has 4 heteroatoms. The van der Waals surface area contributed by atoms with Crippen LogP contribution < -0.4 is 15.4 Å². The van der Waals surface area contributed by atoms with Crippen molar-refractivity contribution in [2.45, 2.75) is 26.8 Å². The summed E-state index contributed by atoms with van der Waals surface area (Å²) in [6.07, 6.45) is 0. The van der Waals surface area contributed by atoms with E-state index in [4.69, 9.17) is 10.5 Å². The first-order valence-corrected chi connectivity index (χ1v) is 6.20. The van der Waals surface area contributed by atoms with E-state index >= 15 is 0 Å². The molecular formula is C14H20N2O2. The summed E-state index contributed by atoms with van der Waals surface area (Å²) in [4.78, 5) is 14.2. The molecule has 0 unspecified atom stereocenters. The van der Waals surface area contributed by atoms with Crippen molar-refractivity contribution in [2.75, 3.05) is 18.1 Å². The van der Waals surface area contributed by atoms with Crippen LogP contribution in [0.15, 0.2) is 24.3 Å². The van der Waals surface area contributed by atoms with E-state index in [2.05, 4.69) is 0 Å². The number of nitrogens with zero attached hydrogens (tertiary/aromatic N) is 1. The Morgan fingerprint density at radius 3 is 2.72 bits per heavy atom. The minimum absolute atomic E-state index is 0.0433. The van der Waals surface area contributed by atoms with Gasteiger partial charge in [0.25, 0.3) is 0 Å². The zero-order valence-electron chi connectivity index (χ0n) is 11.1. The van der Waals surface area contributed by atoms with Crippen molar-refractivity contribution in [3.63, 3.8) is 0 Å². The number of rotatable bonds is 1. The van der Waals surface area contributed by atoms with Crippen LogP contribution >= 0.6 is 0 Å². The third-order valence-corrected chi connectivity index (χ3v) is 3.19. The molecule has 98 valence electrons. The van der Waals surface area contributed by atoms with Gasteiger partial charge in [-0.05, 0) is 17.5 Å². The van der Waals surface area contributed by atoms with Gasteiger partial charge in [-0.15, -0.1) is 0 Å². The van der Waals surface area contributed by atoms with Gasteiger partial charge in [0.05, 0.1) is 18.3 Å². The van der Waals surface area contributed by atoms with Crippen LogP contribution in [0.5, 0.6) is 5.75 Å². The molecular weight excluding hydrogens is 228 g/mol. The van der Waals surface area contributed by atoms with Crippen LogP contribution in [-0.2, 0) is 4.79 Å². The molecule has 2 N–H and O–H groups in total. The summed E-state index contributed by atoms with van der Waals surface area (Å²) in [5, 5.41) is 0. The van der Waals surface area contributed by atoms with Crippen LogP contribution in [-0.4, -0.2) is 25.1 Å². The van der Waals surface area contributed by atoms with Crippen LogP contribution in [0.4, 0.5) is 5.69 Å². The monoisotopic (exact) mass is 248 g/mol. The van der Waals surface area contributed by atoms with Gasteiger partial charge in [0.15, 0.2) is 0 Å². The quantitative estimate of drug-likeness (QED) is 0.824. The fraction of sp³-hybridized carbons (Fsp3) is 0.500. The fourth-order valence-corrected chi connectivity index (χ4v) is 1.94. The number of amides is 1. The van der Waals surface area contributed by atoms with E-state index in [1.54, 1.807) is 4.90 Å². The van der Waals surface area contributed by atoms with Crippen LogP contribution in [0, 0.1) is 5.41 Å². The second-order valence-electron chi connectivity index (χ2n) is 5.65. The molecule has 0 spiro atoms. The standard InChI is InChI=1S/C14H20N2O2/c1-14(2,3)12(15)13(17)16-8-9-18-11-7-5-4-6-10(11)16/h4-7,12H,8-9,15H2,1-3H3/t12-/m0/s1. The zero-order chi connectivity index (χ0) is 13.3. The fourth-order valence-electron chi connectivity index (χ4n) is 1.94. The van der Waals surface area contributed by atoms with Crippen molar-refractivity contribution in [2.24, 2.45) is 11.1 Å². The lowest BCUT2D eigenvalue weighted by atomic mass is 9.86. The number of para-hydroxylation sites is 2. The van der Waals surface area contributed by atoms with E-state index in [-0.39, 0.29) is 11.3 Å². The van der Waals surface area contributed by atoms with Crippen molar-refractivity contribution in [3.05, 3.63) is 24.3 Å². The molecule has 1 amide bonds.